The van der Waals surface area contributed by atoms with Gasteiger partial charge in [0.1, 0.15) is 19.3 Å². The Morgan fingerprint density at radius 2 is 1.38 bits per heavy atom. The molecule has 2 aromatic rings. The number of hydrogen-bond donors (Lipinski definition) is 2. The minimum absolute atomic E-state index is 0. The molecule has 0 atom stereocenters. The summed E-state index contributed by atoms with van der Waals surface area (Å²) in [5, 5.41) is 14.0. The summed E-state index contributed by atoms with van der Waals surface area (Å²) in [6, 6.07) is 10.6. The van der Waals surface area contributed by atoms with Crippen LogP contribution in [0.1, 0.15) is 53.6 Å². The van der Waals surface area contributed by atoms with E-state index in [2.05, 4.69) is 21.2 Å². The van der Waals surface area contributed by atoms with Gasteiger partial charge in [0.25, 0.3) is 12.5 Å². The normalized spacial score (nSPS) is 8.24. The number of methoxy groups -OCH3 is 2. The third-order valence-electron chi connectivity index (χ3n) is 3.84. The summed E-state index contributed by atoms with van der Waals surface area (Å²) >= 11 is 0. The van der Waals surface area contributed by atoms with E-state index in [-0.39, 0.29) is 53.3 Å². The summed E-state index contributed by atoms with van der Waals surface area (Å²) in [4.78, 5) is 33.3. The van der Waals surface area contributed by atoms with Crippen LogP contribution in [0.15, 0.2) is 36.4 Å². The Bertz CT molecular complexity index is 824. The van der Waals surface area contributed by atoms with Crippen molar-refractivity contribution in [2.24, 2.45) is 7.05 Å². The van der Waals surface area contributed by atoms with Crippen LogP contribution in [0.2, 0.25) is 0 Å². The molecule has 2 heterocycles. The van der Waals surface area contributed by atoms with Gasteiger partial charge in [0.05, 0.1) is 26.5 Å². The van der Waals surface area contributed by atoms with Crippen LogP contribution in [0.4, 0.5) is 0 Å². The maximum Gasteiger partial charge on any atom is 0.403 e. The number of rotatable bonds is 8. The quantitative estimate of drug-likeness (QED) is 0.243. The molecule has 0 spiro atoms. The van der Waals surface area contributed by atoms with Crippen LogP contribution in [0.3, 0.4) is 0 Å². The van der Waals surface area contributed by atoms with Gasteiger partial charge in [0.15, 0.2) is 0 Å². The predicted molar refractivity (Wildman–Crippen MR) is 137 cm³/mol. The fraction of sp³-hybridized carbons (Fsp3) is 0.480. The van der Waals surface area contributed by atoms with Gasteiger partial charge in [-0.25, -0.2) is 14.6 Å². The van der Waals surface area contributed by atoms with E-state index in [9.17, 15) is 9.59 Å². The molecule has 0 bridgehead atoms. The summed E-state index contributed by atoms with van der Waals surface area (Å²) in [5.74, 6) is -0.765. The molecule has 3 N–H and O–H groups in total. The third-order valence-corrected chi connectivity index (χ3v) is 3.84. The molecule has 0 aromatic carbocycles. The molecule has 2 rings (SSSR count). The smallest absolute Gasteiger partial charge is 0.403 e. The Balaban J connectivity index is -0.000000147. The summed E-state index contributed by atoms with van der Waals surface area (Å²) in [7, 11) is 6.53. The number of nitrogens with zero attached hydrogens (tertiary/aromatic N) is 2. The first kappa shape index (κ1) is 45.0. The summed E-state index contributed by atoms with van der Waals surface area (Å²) < 4.78 is 21.5. The fourth-order valence-corrected chi connectivity index (χ4v) is 2.27. The molecule has 2 aromatic heterocycles. The number of hydrogen-bond acceptors (Lipinski definition) is 9. The van der Waals surface area contributed by atoms with Crippen LogP contribution >= 0.6 is 0 Å². The number of esters is 2. The van der Waals surface area contributed by atoms with E-state index < -0.39 is 5.97 Å². The van der Waals surface area contributed by atoms with Crippen LogP contribution in [0, 0.1) is 39.9 Å². The van der Waals surface area contributed by atoms with Gasteiger partial charge >= 0.3 is 11.9 Å². The van der Waals surface area contributed by atoms with Crippen molar-refractivity contribution >= 4 is 18.7 Å². The van der Waals surface area contributed by atoms with Crippen LogP contribution in [0.25, 0.3) is 0 Å². The predicted octanol–water partition coefficient (Wildman–Crippen LogP) is 1.88. The topological polar surface area (TPSA) is 150 Å². The summed E-state index contributed by atoms with van der Waals surface area (Å²) in [5.41, 5.74) is 2.51. The van der Waals surface area contributed by atoms with Crippen LogP contribution in [-0.4, -0.2) is 80.4 Å². The molecule has 37 heavy (non-hydrogen) atoms. The molecule has 0 amide bonds. The van der Waals surface area contributed by atoms with Crippen molar-refractivity contribution < 1.29 is 88.1 Å². The van der Waals surface area contributed by atoms with Crippen molar-refractivity contribution in [3.63, 3.8) is 0 Å². The van der Waals surface area contributed by atoms with Crippen molar-refractivity contribution in [1.29, 1.82) is 0 Å². The molecule has 0 radical (unpaired) electrons. The Labute approximate surface area is 252 Å². The van der Waals surface area contributed by atoms with Gasteiger partial charge in [-0.15, -0.1) is 0 Å². The zero-order valence-electron chi connectivity index (χ0n) is 22.0. The first-order valence-corrected chi connectivity index (χ1v) is 10.4. The molecule has 12 heteroatoms. The summed E-state index contributed by atoms with van der Waals surface area (Å²) in [6.45, 7) is 8.29. The second-order valence-corrected chi connectivity index (χ2v) is 5.73. The molecule has 214 valence electrons. The minimum atomic E-state index is -0.427. The van der Waals surface area contributed by atoms with Gasteiger partial charge < -0.3 is 29.2 Å². The van der Waals surface area contributed by atoms with Crippen molar-refractivity contribution in [3.05, 3.63) is 59.2 Å². The number of aliphatic hydroxyl groups excluding tert-OH is 2. The number of aromatic nitrogens is 2. The fourth-order valence-electron chi connectivity index (χ4n) is 2.27. The zero-order chi connectivity index (χ0) is 27.6. The van der Waals surface area contributed by atoms with E-state index in [1.54, 1.807) is 22.8 Å². The SMILES string of the molecule is C.C=[OH+].CCOCc1cccc(C(=O)OC)[n+]1C.CCOCc1cccc(C(=O)OC)n1.CO.CO.[Gd]. The maximum absolute atomic E-state index is 11.4. The zero-order valence-corrected chi connectivity index (χ0v) is 24.3. The first-order valence-electron chi connectivity index (χ1n) is 10.4. The molecule has 0 aliphatic heterocycles. The van der Waals surface area contributed by atoms with Gasteiger partial charge in [-0.2, -0.15) is 4.57 Å². The largest absolute Gasteiger partial charge is 0.464 e. The van der Waals surface area contributed by atoms with Crippen LogP contribution in [-0.2, 0) is 39.2 Å². The molecule has 0 saturated carbocycles. The first-order chi connectivity index (χ1) is 17.0. The van der Waals surface area contributed by atoms with Crippen molar-refractivity contribution in [1.82, 2.24) is 4.98 Å². The second kappa shape index (κ2) is 32.1. The van der Waals surface area contributed by atoms with Crippen molar-refractivity contribution in [3.8, 4) is 0 Å². The van der Waals surface area contributed by atoms with E-state index in [0.29, 0.717) is 37.8 Å². The monoisotopic (exact) mass is 674 g/mol. The molecule has 0 aliphatic rings. The molecule has 11 nitrogen and oxygen atoms in total. The van der Waals surface area contributed by atoms with Crippen LogP contribution in [0.5, 0.6) is 0 Å². The third kappa shape index (κ3) is 19.8. The molecular weight excluding hydrogens is 630 g/mol. The van der Waals surface area contributed by atoms with E-state index in [1.807, 2.05) is 39.1 Å². The molecule has 0 aliphatic carbocycles. The van der Waals surface area contributed by atoms with Crippen molar-refractivity contribution in [2.75, 3.05) is 41.7 Å². The van der Waals surface area contributed by atoms with Crippen molar-refractivity contribution in [2.45, 2.75) is 34.5 Å². The van der Waals surface area contributed by atoms with E-state index in [1.165, 1.54) is 14.2 Å². The van der Waals surface area contributed by atoms with Crippen LogP contribution < -0.4 is 4.57 Å². The molecule has 0 unspecified atom stereocenters. The second-order valence-electron chi connectivity index (χ2n) is 5.73. The maximum atomic E-state index is 11.4. The number of pyridine rings is 2. The average Bonchev–Trinajstić information content (AvgIpc) is 2.94. The number of ether oxygens (including phenoxy) is 4. The Hall–Kier alpha value is -1.93. The van der Waals surface area contributed by atoms with Gasteiger partial charge in [-0.05, 0) is 32.0 Å². The molecule has 0 saturated heterocycles. The number of aliphatic hydroxyl groups is 2. The number of carbonyl (C=O) groups is 2. The van der Waals surface area contributed by atoms with Gasteiger partial charge in [-0.1, -0.05) is 13.5 Å². The van der Waals surface area contributed by atoms with E-state index in [0.717, 1.165) is 25.6 Å². The molecular formula is C25H44GdN2O9+2. The standard InChI is InChI=1S/C11H16NO3.C10H13NO3.2CH4O.CH2O.CH4.Gd/c1-4-15-8-9-6-5-7-10(12(9)2)11(13)14-3;1-3-14-7-8-5-4-6-9(11-8)10(12)13-2;3*1-2;;/h5-7H,4,8H2,1-3H3;4-6H,3,7H2,1-2H3;2*2H,1H3;1H2;1H4;/q+1;;;;;;/p+1. The number of carbonyl (C=O) groups excluding carboxylic acids is 3. The Morgan fingerprint density at radius 1 is 0.892 bits per heavy atom. The Kier molecular flexibility index (Phi) is 39.1. The minimum Gasteiger partial charge on any atom is -0.464 e. The van der Waals surface area contributed by atoms with E-state index in [4.69, 9.17) is 24.5 Å². The average molecular weight is 674 g/mol. The summed E-state index contributed by atoms with van der Waals surface area (Å²) in [6.07, 6.45) is 0. The van der Waals surface area contributed by atoms with Gasteiger partial charge in [0, 0.05) is 79.5 Å². The Morgan fingerprint density at radius 3 is 1.86 bits per heavy atom. The van der Waals surface area contributed by atoms with E-state index >= 15 is 0 Å². The van der Waals surface area contributed by atoms with Gasteiger partial charge in [-0.3, -0.25) is 4.79 Å². The molecule has 0 fully saturated rings. The van der Waals surface area contributed by atoms with Gasteiger partial charge in [0.2, 0.25) is 5.69 Å².